The van der Waals surface area contributed by atoms with Crippen LogP contribution in [0, 0.1) is 17.0 Å². The molecule has 0 amide bonds. The summed E-state index contributed by atoms with van der Waals surface area (Å²) in [7, 11) is 1.73. The number of rotatable bonds is 5. The standard InChI is InChI=1S/C13H13N3O5/c1-8-6-9(15(2)14-8)7-21-11-5-3-4-10(16(19)20)12(11)13(17)18/h3-6H,7H2,1-2H3,(H,17,18). The van der Waals surface area contributed by atoms with Crippen molar-refractivity contribution >= 4 is 11.7 Å². The van der Waals surface area contributed by atoms with E-state index >= 15 is 0 Å². The lowest BCUT2D eigenvalue weighted by Gasteiger charge is -2.09. The first-order chi connectivity index (χ1) is 9.90. The Kier molecular flexibility index (Phi) is 3.88. The fourth-order valence-corrected chi connectivity index (χ4v) is 1.96. The zero-order valence-electron chi connectivity index (χ0n) is 11.4. The van der Waals surface area contributed by atoms with Crippen LogP contribution in [-0.2, 0) is 13.7 Å². The van der Waals surface area contributed by atoms with Crippen molar-refractivity contribution in [3.05, 3.63) is 51.3 Å². The molecule has 1 aromatic carbocycles. The highest BCUT2D eigenvalue weighted by Crippen LogP contribution is 2.28. The Balaban J connectivity index is 2.32. The van der Waals surface area contributed by atoms with Crippen LogP contribution in [0.2, 0.25) is 0 Å². The zero-order chi connectivity index (χ0) is 15.6. The van der Waals surface area contributed by atoms with Gasteiger partial charge in [0.1, 0.15) is 12.4 Å². The minimum absolute atomic E-state index is 0.0458. The third-order valence-corrected chi connectivity index (χ3v) is 2.89. The van der Waals surface area contributed by atoms with Crippen molar-refractivity contribution in [1.29, 1.82) is 0 Å². The predicted molar refractivity (Wildman–Crippen MR) is 72.3 cm³/mol. The summed E-state index contributed by atoms with van der Waals surface area (Å²) in [6.45, 7) is 1.89. The molecule has 0 fully saturated rings. The Morgan fingerprint density at radius 1 is 1.52 bits per heavy atom. The van der Waals surface area contributed by atoms with E-state index in [1.807, 2.05) is 6.92 Å². The summed E-state index contributed by atoms with van der Waals surface area (Å²) in [6, 6.07) is 5.69. The van der Waals surface area contributed by atoms with Gasteiger partial charge in [-0.2, -0.15) is 5.10 Å². The summed E-state index contributed by atoms with van der Waals surface area (Å²) in [4.78, 5) is 21.4. The summed E-state index contributed by atoms with van der Waals surface area (Å²) in [5.41, 5.74) is 0.575. The smallest absolute Gasteiger partial charge is 0.346 e. The molecule has 1 heterocycles. The van der Waals surface area contributed by atoms with Gasteiger partial charge in [0.2, 0.25) is 0 Å². The van der Waals surface area contributed by atoms with E-state index in [4.69, 9.17) is 9.84 Å². The van der Waals surface area contributed by atoms with Gasteiger partial charge in [0.05, 0.1) is 16.3 Å². The number of ether oxygens (including phenoxy) is 1. The Bertz CT molecular complexity index is 708. The van der Waals surface area contributed by atoms with Crippen LogP contribution in [0.25, 0.3) is 0 Å². The summed E-state index contributed by atoms with van der Waals surface area (Å²) in [5, 5.41) is 24.2. The molecule has 0 atom stereocenters. The van der Waals surface area contributed by atoms with Crippen LogP contribution >= 0.6 is 0 Å². The van der Waals surface area contributed by atoms with Crippen LogP contribution in [0.5, 0.6) is 5.75 Å². The lowest BCUT2D eigenvalue weighted by molar-refractivity contribution is -0.385. The minimum atomic E-state index is -1.40. The Labute approximate surface area is 119 Å². The molecule has 1 aromatic heterocycles. The maximum Gasteiger partial charge on any atom is 0.346 e. The second-order valence-electron chi connectivity index (χ2n) is 4.40. The minimum Gasteiger partial charge on any atom is -0.486 e. The monoisotopic (exact) mass is 291 g/mol. The van der Waals surface area contributed by atoms with E-state index in [0.717, 1.165) is 17.5 Å². The lowest BCUT2D eigenvalue weighted by atomic mass is 10.1. The van der Waals surface area contributed by atoms with E-state index in [0.29, 0.717) is 0 Å². The number of aromatic nitrogens is 2. The van der Waals surface area contributed by atoms with Crippen LogP contribution in [0.1, 0.15) is 21.7 Å². The van der Waals surface area contributed by atoms with Gasteiger partial charge < -0.3 is 9.84 Å². The second-order valence-corrected chi connectivity index (χ2v) is 4.40. The maximum atomic E-state index is 11.2. The van der Waals surface area contributed by atoms with Gasteiger partial charge in [0, 0.05) is 13.1 Å². The molecule has 0 saturated carbocycles. The van der Waals surface area contributed by atoms with Crippen molar-refractivity contribution in [3.8, 4) is 5.75 Å². The third kappa shape index (κ3) is 2.99. The fourth-order valence-electron chi connectivity index (χ4n) is 1.96. The average molecular weight is 291 g/mol. The van der Waals surface area contributed by atoms with Crippen molar-refractivity contribution in [2.75, 3.05) is 0 Å². The molecule has 0 saturated heterocycles. The van der Waals surface area contributed by atoms with E-state index < -0.39 is 22.1 Å². The first kappa shape index (κ1) is 14.5. The van der Waals surface area contributed by atoms with E-state index in [2.05, 4.69) is 5.10 Å². The van der Waals surface area contributed by atoms with Crippen LogP contribution in [-0.4, -0.2) is 25.8 Å². The molecule has 21 heavy (non-hydrogen) atoms. The van der Waals surface area contributed by atoms with Gasteiger partial charge in [-0.25, -0.2) is 4.79 Å². The van der Waals surface area contributed by atoms with Crippen molar-refractivity contribution in [2.45, 2.75) is 13.5 Å². The highest BCUT2D eigenvalue weighted by Gasteiger charge is 2.24. The molecule has 0 aliphatic rings. The van der Waals surface area contributed by atoms with Crippen molar-refractivity contribution in [2.24, 2.45) is 7.05 Å². The number of hydrogen-bond acceptors (Lipinski definition) is 5. The highest BCUT2D eigenvalue weighted by atomic mass is 16.6. The molecule has 1 N–H and O–H groups in total. The number of nitrogens with zero attached hydrogens (tertiary/aromatic N) is 3. The normalized spacial score (nSPS) is 10.4. The molecule has 0 radical (unpaired) electrons. The van der Waals surface area contributed by atoms with Gasteiger partial charge in [0.15, 0.2) is 5.56 Å². The maximum absolute atomic E-state index is 11.2. The molecule has 110 valence electrons. The first-order valence-corrected chi connectivity index (χ1v) is 6.03. The number of benzene rings is 1. The molecule has 2 aromatic rings. The van der Waals surface area contributed by atoms with Crippen LogP contribution in [0.15, 0.2) is 24.3 Å². The molecule has 0 aliphatic heterocycles. The number of carboxylic acid groups (broad SMARTS) is 1. The Morgan fingerprint density at radius 2 is 2.24 bits per heavy atom. The van der Waals surface area contributed by atoms with Gasteiger partial charge >= 0.3 is 5.97 Å². The number of hydrogen-bond donors (Lipinski definition) is 1. The van der Waals surface area contributed by atoms with Gasteiger partial charge in [-0.1, -0.05) is 6.07 Å². The number of aryl methyl sites for hydroxylation is 2. The Hall–Kier alpha value is -2.90. The van der Waals surface area contributed by atoms with Gasteiger partial charge in [-0.05, 0) is 19.1 Å². The van der Waals surface area contributed by atoms with E-state index in [9.17, 15) is 14.9 Å². The molecular weight excluding hydrogens is 278 g/mol. The zero-order valence-corrected chi connectivity index (χ0v) is 11.4. The number of nitro groups is 1. The van der Waals surface area contributed by atoms with E-state index in [-0.39, 0.29) is 12.4 Å². The molecule has 0 bridgehead atoms. The lowest BCUT2D eigenvalue weighted by Crippen LogP contribution is -2.08. The topological polar surface area (TPSA) is 107 Å². The van der Waals surface area contributed by atoms with Crippen LogP contribution in [0.4, 0.5) is 5.69 Å². The fraction of sp³-hybridized carbons (Fsp3) is 0.231. The molecule has 0 spiro atoms. The third-order valence-electron chi connectivity index (χ3n) is 2.89. The number of aromatic carboxylic acids is 1. The molecule has 2 rings (SSSR count). The second kappa shape index (κ2) is 5.61. The number of carboxylic acids is 1. The average Bonchev–Trinajstić information content (AvgIpc) is 2.73. The van der Waals surface area contributed by atoms with Crippen molar-refractivity contribution in [3.63, 3.8) is 0 Å². The van der Waals surface area contributed by atoms with Gasteiger partial charge in [0.25, 0.3) is 5.69 Å². The largest absolute Gasteiger partial charge is 0.486 e. The van der Waals surface area contributed by atoms with Crippen molar-refractivity contribution < 1.29 is 19.6 Å². The van der Waals surface area contributed by atoms with Crippen LogP contribution < -0.4 is 4.74 Å². The van der Waals surface area contributed by atoms with Crippen LogP contribution in [0.3, 0.4) is 0 Å². The van der Waals surface area contributed by atoms with E-state index in [1.165, 1.54) is 12.1 Å². The quantitative estimate of drug-likeness (QED) is 0.666. The SMILES string of the molecule is Cc1cc(COc2cccc([N+](=O)[O-])c2C(=O)O)n(C)n1. The van der Waals surface area contributed by atoms with E-state index in [1.54, 1.807) is 17.8 Å². The number of nitro benzene ring substituents is 1. The molecular formula is C13H13N3O5. The van der Waals surface area contributed by atoms with Crippen molar-refractivity contribution in [1.82, 2.24) is 9.78 Å². The molecule has 0 aliphatic carbocycles. The highest BCUT2D eigenvalue weighted by molar-refractivity contribution is 5.95. The predicted octanol–water partition coefficient (Wildman–Crippen LogP) is 1.91. The molecule has 8 nitrogen and oxygen atoms in total. The Morgan fingerprint density at radius 3 is 2.76 bits per heavy atom. The summed E-state index contributed by atoms with van der Waals surface area (Å²) >= 11 is 0. The summed E-state index contributed by atoms with van der Waals surface area (Å²) in [6.07, 6.45) is 0. The summed E-state index contributed by atoms with van der Waals surface area (Å²) in [5.74, 6) is -1.45. The number of carbonyl (C=O) groups is 1. The first-order valence-electron chi connectivity index (χ1n) is 6.03. The van der Waals surface area contributed by atoms with Gasteiger partial charge in [-0.3, -0.25) is 14.8 Å². The molecule has 8 heteroatoms. The molecule has 0 unspecified atom stereocenters. The summed E-state index contributed by atoms with van der Waals surface area (Å²) < 4.78 is 7.03. The van der Waals surface area contributed by atoms with Gasteiger partial charge in [-0.15, -0.1) is 0 Å².